The summed E-state index contributed by atoms with van der Waals surface area (Å²) in [6, 6.07) is 0. The van der Waals surface area contributed by atoms with Crippen LogP contribution in [0.15, 0.2) is 6.20 Å². The van der Waals surface area contributed by atoms with Gasteiger partial charge in [0.15, 0.2) is 5.75 Å². The Kier molecular flexibility index (Phi) is 5.38. The number of likely N-dealkylation sites (N-methyl/N-ethyl adjacent to an activating group) is 1. The molecule has 0 amide bonds. The van der Waals surface area contributed by atoms with E-state index in [1.54, 1.807) is 18.0 Å². The van der Waals surface area contributed by atoms with Gasteiger partial charge in [-0.2, -0.15) is 5.10 Å². The average Bonchev–Trinajstić information content (AvgIpc) is 2.81. The number of aryl methyl sites for hydroxylation is 1. The summed E-state index contributed by atoms with van der Waals surface area (Å²) in [4.78, 5) is 2.24. The maximum absolute atomic E-state index is 10.8. The molecule has 0 aliphatic heterocycles. The van der Waals surface area contributed by atoms with Crippen molar-refractivity contribution in [3.8, 4) is 5.75 Å². The second-order valence-electron chi connectivity index (χ2n) is 5.14. The van der Waals surface area contributed by atoms with Crippen molar-refractivity contribution in [2.45, 2.75) is 52.8 Å². The molecule has 0 saturated heterocycles. The lowest BCUT2D eigenvalue weighted by molar-refractivity contribution is -0.0122. The van der Waals surface area contributed by atoms with E-state index in [1.165, 1.54) is 0 Å². The van der Waals surface area contributed by atoms with Crippen LogP contribution in [-0.2, 0) is 6.54 Å². The second kappa shape index (κ2) is 6.39. The number of aliphatic hydroxyl groups is 1. The Morgan fingerprint density at radius 3 is 2.37 bits per heavy atom. The molecule has 0 radical (unpaired) electrons. The first-order chi connectivity index (χ1) is 8.93. The lowest BCUT2D eigenvalue weighted by Gasteiger charge is -2.41. The summed E-state index contributed by atoms with van der Waals surface area (Å²) in [7, 11) is 1.61. The largest absolute Gasteiger partial charge is 0.493 e. The van der Waals surface area contributed by atoms with Crippen LogP contribution in [0.1, 0.15) is 46.4 Å². The zero-order chi connectivity index (χ0) is 14.6. The quantitative estimate of drug-likeness (QED) is 0.823. The normalized spacial score (nSPS) is 13.9. The molecule has 1 N–H and O–H groups in total. The van der Waals surface area contributed by atoms with Crippen LogP contribution in [-0.4, -0.2) is 45.5 Å². The molecule has 0 bridgehead atoms. The highest BCUT2D eigenvalue weighted by Gasteiger charge is 2.37. The monoisotopic (exact) mass is 269 g/mol. The Balaban J connectivity index is 3.17. The van der Waals surface area contributed by atoms with Gasteiger partial charge in [0.1, 0.15) is 11.8 Å². The number of ether oxygens (including phenoxy) is 1. The van der Waals surface area contributed by atoms with E-state index in [1.807, 2.05) is 6.92 Å². The number of aliphatic hydroxyl groups excluding tert-OH is 1. The lowest BCUT2D eigenvalue weighted by atomic mass is 9.92. The van der Waals surface area contributed by atoms with E-state index in [0.717, 1.165) is 18.8 Å². The molecule has 0 aromatic carbocycles. The van der Waals surface area contributed by atoms with Gasteiger partial charge in [0.05, 0.1) is 13.3 Å². The average molecular weight is 269 g/mol. The SMILES string of the molecule is CCN(CC)C(C)(C)C(O)c1c(OC)cnn1CC. The fourth-order valence-corrected chi connectivity index (χ4v) is 2.61. The van der Waals surface area contributed by atoms with Crippen LogP contribution in [0.2, 0.25) is 0 Å². The number of hydrogen-bond acceptors (Lipinski definition) is 4. The lowest BCUT2D eigenvalue weighted by Crippen LogP contribution is -2.48. The van der Waals surface area contributed by atoms with Gasteiger partial charge in [0, 0.05) is 12.1 Å². The molecule has 0 fully saturated rings. The van der Waals surface area contributed by atoms with Crippen molar-refractivity contribution in [3.05, 3.63) is 11.9 Å². The third-order valence-electron chi connectivity index (χ3n) is 3.87. The van der Waals surface area contributed by atoms with E-state index in [4.69, 9.17) is 4.74 Å². The molecule has 0 spiro atoms. The standard InChI is InChI=1S/C14H27N3O2/c1-7-16(8-2)14(4,5)13(18)12-11(19-6)10-15-17(12)9-3/h10,13,18H,7-9H2,1-6H3. The van der Waals surface area contributed by atoms with Gasteiger partial charge in [-0.1, -0.05) is 13.8 Å². The van der Waals surface area contributed by atoms with Crippen LogP contribution in [0.4, 0.5) is 0 Å². The summed E-state index contributed by atoms with van der Waals surface area (Å²) >= 11 is 0. The number of aromatic nitrogens is 2. The van der Waals surface area contributed by atoms with Crippen molar-refractivity contribution in [1.82, 2.24) is 14.7 Å². The Morgan fingerprint density at radius 1 is 1.37 bits per heavy atom. The van der Waals surface area contributed by atoms with Crippen LogP contribution in [0.25, 0.3) is 0 Å². The Labute approximate surface area is 116 Å². The van der Waals surface area contributed by atoms with E-state index >= 15 is 0 Å². The van der Waals surface area contributed by atoms with Crippen molar-refractivity contribution in [2.75, 3.05) is 20.2 Å². The minimum atomic E-state index is -0.648. The topological polar surface area (TPSA) is 50.5 Å². The smallest absolute Gasteiger partial charge is 0.162 e. The summed E-state index contributed by atoms with van der Waals surface area (Å²) in [5.41, 5.74) is 0.380. The minimum absolute atomic E-state index is 0.371. The van der Waals surface area contributed by atoms with Crippen molar-refractivity contribution in [3.63, 3.8) is 0 Å². The van der Waals surface area contributed by atoms with Crippen molar-refractivity contribution < 1.29 is 9.84 Å². The molecule has 1 unspecified atom stereocenters. The van der Waals surface area contributed by atoms with Gasteiger partial charge in [0.2, 0.25) is 0 Å². The summed E-state index contributed by atoms with van der Waals surface area (Å²) in [6.45, 7) is 12.8. The second-order valence-corrected chi connectivity index (χ2v) is 5.14. The van der Waals surface area contributed by atoms with Gasteiger partial charge in [-0.25, -0.2) is 0 Å². The molecular weight excluding hydrogens is 242 g/mol. The highest BCUT2D eigenvalue weighted by atomic mass is 16.5. The third-order valence-corrected chi connectivity index (χ3v) is 3.87. The molecule has 0 saturated carbocycles. The first-order valence-electron chi connectivity index (χ1n) is 6.96. The van der Waals surface area contributed by atoms with E-state index in [0.29, 0.717) is 12.3 Å². The molecule has 1 rings (SSSR count). The molecule has 1 atom stereocenters. The molecule has 110 valence electrons. The van der Waals surface area contributed by atoms with Gasteiger partial charge in [-0.15, -0.1) is 0 Å². The first kappa shape index (κ1) is 16.0. The minimum Gasteiger partial charge on any atom is -0.493 e. The maximum atomic E-state index is 10.8. The first-order valence-corrected chi connectivity index (χ1v) is 6.96. The Bertz CT molecular complexity index is 376. The van der Waals surface area contributed by atoms with Gasteiger partial charge in [-0.05, 0) is 33.9 Å². The van der Waals surface area contributed by atoms with Gasteiger partial charge >= 0.3 is 0 Å². The summed E-state index contributed by atoms with van der Waals surface area (Å²) in [5, 5.41) is 15.1. The van der Waals surface area contributed by atoms with Crippen molar-refractivity contribution >= 4 is 0 Å². The van der Waals surface area contributed by atoms with Crippen LogP contribution >= 0.6 is 0 Å². The molecule has 1 aromatic heterocycles. The number of hydrogen-bond donors (Lipinski definition) is 1. The zero-order valence-corrected chi connectivity index (χ0v) is 13.0. The van der Waals surface area contributed by atoms with E-state index in [9.17, 15) is 5.11 Å². The highest BCUT2D eigenvalue weighted by Crippen LogP contribution is 2.35. The van der Waals surface area contributed by atoms with Crippen LogP contribution in [0.3, 0.4) is 0 Å². The van der Waals surface area contributed by atoms with Gasteiger partial charge < -0.3 is 9.84 Å². The summed E-state index contributed by atoms with van der Waals surface area (Å²) in [5.74, 6) is 0.648. The Morgan fingerprint density at radius 2 is 1.95 bits per heavy atom. The predicted octanol–water partition coefficient (Wildman–Crippen LogP) is 2.07. The third kappa shape index (κ3) is 2.92. The molecular formula is C14H27N3O2. The van der Waals surface area contributed by atoms with E-state index in [-0.39, 0.29) is 5.54 Å². The Hall–Kier alpha value is -1.07. The molecule has 19 heavy (non-hydrogen) atoms. The maximum Gasteiger partial charge on any atom is 0.162 e. The zero-order valence-electron chi connectivity index (χ0n) is 13.0. The van der Waals surface area contributed by atoms with Gasteiger partial charge in [0.25, 0.3) is 0 Å². The van der Waals surface area contributed by atoms with Crippen LogP contribution < -0.4 is 4.74 Å². The molecule has 0 aliphatic rings. The molecule has 5 heteroatoms. The number of methoxy groups -OCH3 is 1. The molecule has 5 nitrogen and oxygen atoms in total. The fraction of sp³-hybridized carbons (Fsp3) is 0.786. The van der Waals surface area contributed by atoms with Crippen molar-refractivity contribution in [2.24, 2.45) is 0 Å². The van der Waals surface area contributed by atoms with Gasteiger partial charge in [-0.3, -0.25) is 9.58 Å². The molecule has 1 aromatic rings. The van der Waals surface area contributed by atoms with E-state index in [2.05, 4.69) is 37.7 Å². The molecule has 0 aliphatic carbocycles. The molecule has 1 heterocycles. The summed E-state index contributed by atoms with van der Waals surface area (Å²) in [6.07, 6.45) is 1.02. The summed E-state index contributed by atoms with van der Waals surface area (Å²) < 4.78 is 7.13. The highest BCUT2D eigenvalue weighted by molar-refractivity contribution is 5.29. The predicted molar refractivity (Wildman–Crippen MR) is 76.4 cm³/mol. The number of nitrogens with zero attached hydrogens (tertiary/aromatic N) is 3. The van der Waals surface area contributed by atoms with Crippen LogP contribution in [0.5, 0.6) is 5.75 Å². The van der Waals surface area contributed by atoms with E-state index < -0.39 is 6.10 Å². The fourth-order valence-electron chi connectivity index (χ4n) is 2.61. The van der Waals surface area contributed by atoms with Crippen molar-refractivity contribution in [1.29, 1.82) is 0 Å². The van der Waals surface area contributed by atoms with Crippen LogP contribution in [0, 0.1) is 0 Å². The number of rotatable bonds is 7.